The normalized spacial score (nSPS) is 11.1. The summed E-state index contributed by atoms with van der Waals surface area (Å²) in [5.74, 6) is -1.90. The van der Waals surface area contributed by atoms with Crippen LogP contribution >= 0.6 is 0 Å². The van der Waals surface area contributed by atoms with Gasteiger partial charge in [0.05, 0.1) is 5.56 Å². The van der Waals surface area contributed by atoms with Gasteiger partial charge in [-0.3, -0.25) is 9.59 Å². The van der Waals surface area contributed by atoms with Gasteiger partial charge in [0, 0.05) is 18.4 Å². The summed E-state index contributed by atoms with van der Waals surface area (Å²) in [4.78, 5) is 35.4. The van der Waals surface area contributed by atoms with E-state index < -0.39 is 23.5 Å². The van der Waals surface area contributed by atoms with Crippen LogP contribution in [0.25, 0.3) is 0 Å². The van der Waals surface area contributed by atoms with Gasteiger partial charge >= 0.3 is 12.1 Å². The number of alkyl halides is 3. The van der Waals surface area contributed by atoms with Crippen molar-refractivity contribution in [1.29, 1.82) is 0 Å². The first kappa shape index (κ1) is 21.3. The van der Waals surface area contributed by atoms with E-state index >= 15 is 0 Å². The van der Waals surface area contributed by atoms with Crippen molar-refractivity contribution >= 4 is 17.5 Å². The van der Waals surface area contributed by atoms with Crippen LogP contribution in [-0.4, -0.2) is 17.5 Å². The van der Waals surface area contributed by atoms with Crippen LogP contribution in [0.5, 0.6) is 0 Å². The van der Waals surface area contributed by atoms with Gasteiger partial charge in [-0.15, -0.1) is 0 Å². The van der Waals surface area contributed by atoms with Gasteiger partial charge in [0.15, 0.2) is 5.78 Å². The number of rotatable bonds is 9. The summed E-state index contributed by atoms with van der Waals surface area (Å²) >= 11 is 0. The number of hydrogen-bond acceptors (Lipinski definition) is 4. The first-order valence-electron chi connectivity index (χ1n) is 8.71. The number of halogens is 3. The molecule has 0 aromatic heterocycles. The zero-order valence-corrected chi connectivity index (χ0v) is 15.0. The van der Waals surface area contributed by atoms with E-state index in [2.05, 4.69) is 0 Å². The van der Waals surface area contributed by atoms with Gasteiger partial charge in [-0.05, 0) is 30.5 Å². The molecule has 0 amide bonds. The third-order valence-corrected chi connectivity index (χ3v) is 4.03. The number of unbranched alkanes of at least 4 members (excludes halogenated alkanes) is 1. The molecular formula is C21H19F3O4. The Hall–Kier alpha value is -2.96. The quantitative estimate of drug-likeness (QED) is 0.267. The number of Topliss-reactive ketones (excluding diaryl/α,β-unsaturated/α-hetero) is 2. The van der Waals surface area contributed by atoms with Crippen molar-refractivity contribution < 1.29 is 32.3 Å². The molecule has 0 heterocycles. The Balaban J connectivity index is 1.69. The Morgan fingerprint density at radius 2 is 1.43 bits per heavy atom. The fourth-order valence-electron chi connectivity index (χ4n) is 2.47. The number of esters is 1. The lowest BCUT2D eigenvalue weighted by molar-refractivity contribution is -0.154. The van der Waals surface area contributed by atoms with E-state index in [0.29, 0.717) is 12.8 Å². The Morgan fingerprint density at radius 1 is 0.821 bits per heavy atom. The molecule has 2 aromatic rings. The average molecular weight is 392 g/mol. The standard InChI is InChI=1S/C21H19F3O4/c22-21(23,24)17-12-10-16(11-13-17)18(25)8-4-5-9-19(26)20(27)28-14-15-6-2-1-3-7-15/h1-3,6-7,10-13H,4-5,8-9,14H2. The molecular weight excluding hydrogens is 373 g/mol. The van der Waals surface area contributed by atoms with Gasteiger partial charge in [-0.25, -0.2) is 4.79 Å². The van der Waals surface area contributed by atoms with E-state index in [4.69, 9.17) is 4.74 Å². The lowest BCUT2D eigenvalue weighted by atomic mass is 10.0. The molecule has 0 saturated carbocycles. The molecule has 148 valence electrons. The van der Waals surface area contributed by atoms with E-state index in [9.17, 15) is 27.6 Å². The Kier molecular flexibility index (Phi) is 7.49. The molecule has 0 bridgehead atoms. The SMILES string of the molecule is O=C(CCCCC(=O)c1ccc(C(F)(F)F)cc1)C(=O)OCc1ccccc1. The van der Waals surface area contributed by atoms with Crippen LogP contribution in [0.2, 0.25) is 0 Å². The largest absolute Gasteiger partial charge is 0.455 e. The van der Waals surface area contributed by atoms with Crippen molar-refractivity contribution in [3.63, 3.8) is 0 Å². The topological polar surface area (TPSA) is 60.4 Å². The molecule has 7 heteroatoms. The second-order valence-corrected chi connectivity index (χ2v) is 6.19. The van der Waals surface area contributed by atoms with Gasteiger partial charge in [0.1, 0.15) is 6.61 Å². The third kappa shape index (κ3) is 6.64. The summed E-state index contributed by atoms with van der Waals surface area (Å²) < 4.78 is 42.4. The Labute approximate surface area is 160 Å². The van der Waals surface area contributed by atoms with Crippen molar-refractivity contribution in [2.75, 3.05) is 0 Å². The van der Waals surface area contributed by atoms with E-state index in [1.807, 2.05) is 6.07 Å². The fourth-order valence-corrected chi connectivity index (χ4v) is 2.47. The molecule has 0 aliphatic rings. The summed E-state index contributed by atoms with van der Waals surface area (Å²) in [5, 5.41) is 0. The molecule has 4 nitrogen and oxygen atoms in total. The average Bonchev–Trinajstić information content (AvgIpc) is 2.69. The van der Waals surface area contributed by atoms with Gasteiger partial charge in [0.2, 0.25) is 5.78 Å². The maximum Gasteiger partial charge on any atom is 0.416 e. The van der Waals surface area contributed by atoms with Crippen LogP contribution in [0.1, 0.15) is 47.2 Å². The van der Waals surface area contributed by atoms with Gasteiger partial charge < -0.3 is 4.74 Å². The Bertz CT molecular complexity index is 812. The molecule has 2 rings (SSSR count). The second kappa shape index (κ2) is 9.82. The predicted molar refractivity (Wildman–Crippen MR) is 95.5 cm³/mol. The molecule has 0 radical (unpaired) electrons. The van der Waals surface area contributed by atoms with Crippen LogP contribution in [0, 0.1) is 0 Å². The van der Waals surface area contributed by atoms with Crippen molar-refractivity contribution in [1.82, 2.24) is 0 Å². The number of ketones is 2. The van der Waals surface area contributed by atoms with Crippen molar-refractivity contribution in [3.05, 3.63) is 71.3 Å². The molecule has 28 heavy (non-hydrogen) atoms. The van der Waals surface area contributed by atoms with Crippen molar-refractivity contribution in [3.8, 4) is 0 Å². The summed E-state index contributed by atoms with van der Waals surface area (Å²) in [6.45, 7) is 0.0117. The highest BCUT2D eigenvalue weighted by Crippen LogP contribution is 2.29. The van der Waals surface area contributed by atoms with Crippen molar-refractivity contribution in [2.24, 2.45) is 0 Å². The van der Waals surface area contributed by atoms with E-state index in [0.717, 1.165) is 29.8 Å². The monoisotopic (exact) mass is 392 g/mol. The highest BCUT2D eigenvalue weighted by molar-refractivity contribution is 6.33. The molecule has 0 aliphatic carbocycles. The van der Waals surface area contributed by atoms with Crippen LogP contribution < -0.4 is 0 Å². The zero-order chi connectivity index (χ0) is 20.6. The van der Waals surface area contributed by atoms with Crippen LogP contribution in [0.4, 0.5) is 13.2 Å². The zero-order valence-electron chi connectivity index (χ0n) is 15.0. The number of benzene rings is 2. The first-order valence-corrected chi connectivity index (χ1v) is 8.71. The molecule has 0 fully saturated rings. The molecule has 2 aromatic carbocycles. The van der Waals surface area contributed by atoms with Crippen molar-refractivity contribution in [2.45, 2.75) is 38.5 Å². The summed E-state index contributed by atoms with van der Waals surface area (Å²) in [5.41, 5.74) is 0.135. The molecule has 0 saturated heterocycles. The first-order chi connectivity index (χ1) is 13.3. The van der Waals surface area contributed by atoms with Crippen LogP contribution in [0.15, 0.2) is 54.6 Å². The number of carbonyl (C=O) groups excluding carboxylic acids is 3. The minimum Gasteiger partial charge on any atom is -0.455 e. The molecule has 0 N–H and O–H groups in total. The second-order valence-electron chi connectivity index (χ2n) is 6.19. The summed E-state index contributed by atoms with van der Waals surface area (Å²) in [6, 6.07) is 12.9. The van der Waals surface area contributed by atoms with Gasteiger partial charge in [-0.2, -0.15) is 13.2 Å². The summed E-state index contributed by atoms with van der Waals surface area (Å²) in [6.07, 6.45) is -3.76. The van der Waals surface area contributed by atoms with E-state index in [-0.39, 0.29) is 30.8 Å². The van der Waals surface area contributed by atoms with Crippen LogP contribution in [0.3, 0.4) is 0 Å². The minimum atomic E-state index is -4.45. The number of carbonyl (C=O) groups is 3. The predicted octanol–water partition coefficient (Wildman–Crippen LogP) is 4.76. The maximum absolute atomic E-state index is 12.5. The molecule has 0 spiro atoms. The molecule has 0 atom stereocenters. The lowest BCUT2D eigenvalue weighted by Gasteiger charge is -2.07. The smallest absolute Gasteiger partial charge is 0.416 e. The number of hydrogen-bond donors (Lipinski definition) is 0. The van der Waals surface area contributed by atoms with E-state index in [1.54, 1.807) is 24.3 Å². The molecule has 0 aliphatic heterocycles. The molecule has 0 unspecified atom stereocenters. The number of ether oxygens (including phenoxy) is 1. The summed E-state index contributed by atoms with van der Waals surface area (Å²) in [7, 11) is 0. The van der Waals surface area contributed by atoms with Gasteiger partial charge in [-0.1, -0.05) is 42.5 Å². The minimum absolute atomic E-state index is 0.0117. The van der Waals surface area contributed by atoms with Crippen LogP contribution in [-0.2, 0) is 27.1 Å². The fraction of sp³-hybridized carbons (Fsp3) is 0.286. The highest BCUT2D eigenvalue weighted by atomic mass is 19.4. The third-order valence-electron chi connectivity index (χ3n) is 4.03. The highest BCUT2D eigenvalue weighted by Gasteiger charge is 2.30. The Morgan fingerprint density at radius 3 is 2.04 bits per heavy atom. The lowest BCUT2D eigenvalue weighted by Crippen LogP contribution is -2.17. The maximum atomic E-state index is 12.5. The van der Waals surface area contributed by atoms with E-state index in [1.165, 1.54) is 0 Å². The van der Waals surface area contributed by atoms with Gasteiger partial charge in [0.25, 0.3) is 0 Å².